The van der Waals surface area contributed by atoms with E-state index in [4.69, 9.17) is 0 Å². The van der Waals surface area contributed by atoms with Crippen LogP contribution in [0.2, 0.25) is 0 Å². The Morgan fingerprint density at radius 3 is 2.28 bits per heavy atom. The molecule has 46 heavy (non-hydrogen) atoms. The summed E-state index contributed by atoms with van der Waals surface area (Å²) in [6.45, 7) is -0.702. The molecule has 0 radical (unpaired) electrons. The average molecular weight is 743 g/mol. The Morgan fingerprint density at radius 2 is 1.59 bits per heavy atom. The number of thioether (sulfide) groups is 1. The van der Waals surface area contributed by atoms with Crippen molar-refractivity contribution in [2.24, 2.45) is 5.92 Å². The van der Waals surface area contributed by atoms with Gasteiger partial charge in [-0.15, -0.1) is 0 Å². The summed E-state index contributed by atoms with van der Waals surface area (Å²) in [5, 5.41) is 1.17. The number of halogens is 7. The van der Waals surface area contributed by atoms with Gasteiger partial charge < -0.3 is 5.32 Å². The van der Waals surface area contributed by atoms with Gasteiger partial charge in [-0.3, -0.25) is 23.7 Å². The van der Waals surface area contributed by atoms with Crippen molar-refractivity contribution >= 4 is 68.1 Å². The molecule has 3 amide bonds. The van der Waals surface area contributed by atoms with Crippen molar-refractivity contribution < 1.29 is 40.7 Å². The van der Waals surface area contributed by atoms with Gasteiger partial charge in [0.1, 0.15) is 11.8 Å². The predicted molar refractivity (Wildman–Crippen MR) is 162 cm³/mol. The zero-order valence-corrected chi connectivity index (χ0v) is 26.1. The second kappa shape index (κ2) is 11.7. The van der Waals surface area contributed by atoms with Gasteiger partial charge in [0.25, 0.3) is 0 Å². The Labute approximate surface area is 272 Å². The van der Waals surface area contributed by atoms with Crippen molar-refractivity contribution in [3.63, 3.8) is 0 Å². The van der Waals surface area contributed by atoms with Crippen molar-refractivity contribution in [2.75, 3.05) is 10.2 Å². The summed E-state index contributed by atoms with van der Waals surface area (Å²) in [6, 6.07) is 14.9. The molecule has 0 saturated carbocycles. The number of para-hydroxylation sites is 1. The van der Waals surface area contributed by atoms with Crippen LogP contribution in [-0.2, 0) is 33.3 Å². The quantitative estimate of drug-likeness (QED) is 0.174. The molecule has 3 atom stereocenters. The van der Waals surface area contributed by atoms with Gasteiger partial charge in [0.05, 0.1) is 33.4 Å². The highest BCUT2D eigenvalue weighted by atomic mass is 79.9. The number of rotatable bonds is 5. The van der Waals surface area contributed by atoms with Crippen molar-refractivity contribution in [1.29, 1.82) is 0 Å². The fourth-order valence-electron chi connectivity index (χ4n) is 5.56. The van der Waals surface area contributed by atoms with Crippen LogP contribution in [0.15, 0.2) is 87.1 Å². The van der Waals surface area contributed by atoms with Crippen LogP contribution in [0.4, 0.5) is 37.7 Å². The summed E-state index contributed by atoms with van der Waals surface area (Å²) in [5.74, 6) is -4.53. The molecular weight excluding hydrogens is 724 g/mol. The van der Waals surface area contributed by atoms with Crippen LogP contribution in [0, 0.1) is 5.92 Å². The first-order valence-electron chi connectivity index (χ1n) is 13.3. The minimum absolute atomic E-state index is 0.160. The third-order valence-corrected chi connectivity index (χ3v) is 10.6. The standard InChI is InChI=1S/C30H18BrF6N3O4S2/c31-16-7-3-5-14(11-16)21-22-23(26(43)40(25(22)42)17-8-4-6-15(12-17)29(32,33)34)45-27-24(21)46-28(44)39(27)13-20(41)38-19-10-2-1-9-18(19)30(35,36)37/h1-12,21-23H,13H2,(H,38,41)/t21-,22-,23+/m0/s1. The van der Waals surface area contributed by atoms with Crippen LogP contribution < -0.4 is 15.1 Å². The van der Waals surface area contributed by atoms with Crippen molar-refractivity contribution in [1.82, 2.24) is 4.57 Å². The summed E-state index contributed by atoms with van der Waals surface area (Å²) in [5.41, 5.74) is -2.39. The second-order valence-corrected chi connectivity index (χ2v) is 13.4. The molecule has 1 fully saturated rings. The monoisotopic (exact) mass is 741 g/mol. The van der Waals surface area contributed by atoms with Gasteiger partial charge in [0, 0.05) is 15.3 Å². The molecule has 3 heterocycles. The summed E-state index contributed by atoms with van der Waals surface area (Å²) in [7, 11) is 0. The summed E-state index contributed by atoms with van der Waals surface area (Å²) < 4.78 is 82.6. The van der Waals surface area contributed by atoms with Crippen molar-refractivity contribution in [3.8, 4) is 0 Å². The number of thiazole rings is 1. The molecule has 1 saturated heterocycles. The van der Waals surface area contributed by atoms with Crippen LogP contribution >= 0.6 is 39.0 Å². The van der Waals surface area contributed by atoms with E-state index in [0.29, 0.717) is 37.2 Å². The number of amides is 3. The maximum atomic E-state index is 13.9. The van der Waals surface area contributed by atoms with E-state index in [-0.39, 0.29) is 10.7 Å². The fourth-order valence-corrected chi connectivity index (χ4v) is 8.75. The SMILES string of the molecule is O=C(Cn1c2c(sc1=O)[C@@H](c1cccc(Br)c1)[C@@H]1C(=O)N(c3cccc(C(F)(F)F)c3)C(=O)[C@@H]1S2)Nc1ccccc1C(F)(F)F. The summed E-state index contributed by atoms with van der Waals surface area (Å²) >= 11 is 4.91. The molecule has 2 aliphatic rings. The molecule has 238 valence electrons. The van der Waals surface area contributed by atoms with Gasteiger partial charge in [-0.2, -0.15) is 26.3 Å². The molecule has 1 N–H and O–H groups in total. The number of anilines is 2. The lowest BCUT2D eigenvalue weighted by atomic mass is 9.83. The lowest BCUT2D eigenvalue weighted by Gasteiger charge is -2.30. The third kappa shape index (κ3) is 5.77. The Balaban J connectivity index is 1.40. The summed E-state index contributed by atoms with van der Waals surface area (Å²) in [4.78, 5) is 54.4. The molecule has 0 aliphatic carbocycles. The smallest absolute Gasteiger partial charge is 0.324 e. The normalized spacial score (nSPS) is 19.6. The Kier molecular flexibility index (Phi) is 8.17. The first-order chi connectivity index (χ1) is 21.6. The lowest BCUT2D eigenvalue weighted by molar-refractivity contribution is -0.138. The first kappa shape index (κ1) is 32.1. The lowest BCUT2D eigenvalue weighted by Crippen LogP contribution is -2.33. The molecule has 16 heteroatoms. The zero-order chi connectivity index (χ0) is 33.1. The van der Waals surface area contributed by atoms with Crippen LogP contribution in [-0.4, -0.2) is 27.5 Å². The number of carbonyl (C=O) groups is 3. The molecule has 1 aromatic heterocycles. The number of hydrogen-bond donors (Lipinski definition) is 1. The Hall–Kier alpha value is -3.89. The van der Waals surface area contributed by atoms with Gasteiger partial charge >= 0.3 is 17.2 Å². The minimum Gasteiger partial charge on any atom is -0.324 e. The maximum absolute atomic E-state index is 13.9. The predicted octanol–water partition coefficient (Wildman–Crippen LogP) is 7.14. The third-order valence-electron chi connectivity index (χ3n) is 7.50. The molecule has 0 spiro atoms. The number of nitrogens with one attached hydrogen (secondary N) is 1. The van der Waals surface area contributed by atoms with Crippen LogP contribution in [0.3, 0.4) is 0 Å². The van der Waals surface area contributed by atoms with Gasteiger partial charge in [0.2, 0.25) is 17.7 Å². The molecule has 7 nitrogen and oxygen atoms in total. The molecule has 0 unspecified atom stereocenters. The minimum atomic E-state index is -4.76. The van der Waals surface area contributed by atoms with Crippen LogP contribution in [0.25, 0.3) is 0 Å². The van der Waals surface area contributed by atoms with Crippen LogP contribution in [0.5, 0.6) is 0 Å². The molecule has 6 rings (SSSR count). The summed E-state index contributed by atoms with van der Waals surface area (Å²) in [6.07, 6.45) is -9.49. The first-order valence-corrected chi connectivity index (χ1v) is 15.8. The molecule has 0 bridgehead atoms. The highest BCUT2D eigenvalue weighted by Crippen LogP contribution is 2.54. The number of benzene rings is 3. The highest BCUT2D eigenvalue weighted by Gasteiger charge is 2.57. The Morgan fingerprint density at radius 1 is 0.870 bits per heavy atom. The number of alkyl halides is 6. The van der Waals surface area contributed by atoms with E-state index in [9.17, 15) is 45.5 Å². The van der Waals surface area contributed by atoms with Gasteiger partial charge in [-0.1, -0.05) is 69.4 Å². The van der Waals surface area contributed by atoms with Gasteiger partial charge in [-0.25, -0.2) is 4.90 Å². The second-order valence-electron chi connectivity index (χ2n) is 10.4. The molecule has 2 aliphatic heterocycles. The van der Waals surface area contributed by atoms with Gasteiger partial charge in [0.15, 0.2) is 0 Å². The topological polar surface area (TPSA) is 88.5 Å². The number of nitrogens with zero attached hydrogens (tertiary/aromatic N) is 2. The Bertz CT molecular complexity index is 1960. The molecule has 3 aromatic carbocycles. The van der Waals surface area contributed by atoms with Crippen molar-refractivity contribution in [3.05, 3.63) is 109 Å². The maximum Gasteiger partial charge on any atom is 0.418 e. The van der Waals surface area contributed by atoms with E-state index in [0.717, 1.165) is 46.7 Å². The number of aromatic nitrogens is 1. The fraction of sp³-hybridized carbons (Fsp3) is 0.200. The van der Waals surface area contributed by atoms with E-state index < -0.39 is 75.4 Å². The van der Waals surface area contributed by atoms with Gasteiger partial charge in [-0.05, 0) is 48.0 Å². The zero-order valence-electron chi connectivity index (χ0n) is 22.9. The number of fused-ring (bicyclic) bond motifs is 2. The van der Waals surface area contributed by atoms with E-state index in [1.165, 1.54) is 12.1 Å². The number of imide groups is 1. The highest BCUT2D eigenvalue weighted by molar-refractivity contribution is 9.10. The molecular formula is C30H18BrF6N3O4S2. The average Bonchev–Trinajstić information content (AvgIpc) is 3.42. The molecule has 4 aromatic rings. The number of hydrogen-bond acceptors (Lipinski definition) is 6. The van der Waals surface area contributed by atoms with E-state index in [1.807, 2.05) is 0 Å². The van der Waals surface area contributed by atoms with E-state index >= 15 is 0 Å². The van der Waals surface area contributed by atoms with Crippen molar-refractivity contribution in [2.45, 2.75) is 35.1 Å². The largest absolute Gasteiger partial charge is 0.418 e. The number of carbonyl (C=O) groups excluding carboxylic acids is 3. The van der Waals surface area contributed by atoms with E-state index in [1.54, 1.807) is 24.3 Å². The van der Waals surface area contributed by atoms with E-state index in [2.05, 4.69) is 21.2 Å². The van der Waals surface area contributed by atoms with Crippen LogP contribution in [0.1, 0.15) is 27.5 Å².